The van der Waals surface area contributed by atoms with Crippen LogP contribution in [0.25, 0.3) is 0 Å². The Morgan fingerprint density at radius 2 is 1.29 bits per heavy atom. The fraction of sp³-hybridized carbons (Fsp3) is 0.867. The molecule has 2 fully saturated rings. The van der Waals surface area contributed by atoms with E-state index in [1.807, 2.05) is 23.9 Å². The van der Waals surface area contributed by atoms with Gasteiger partial charge in [-0.25, -0.2) is 0 Å². The van der Waals surface area contributed by atoms with Crippen molar-refractivity contribution in [2.45, 2.75) is 44.2 Å². The molecule has 0 radical (unpaired) electrons. The summed E-state index contributed by atoms with van der Waals surface area (Å²) >= 11 is 0. The summed E-state index contributed by atoms with van der Waals surface area (Å²) in [5.41, 5.74) is 0. The van der Waals surface area contributed by atoms with Gasteiger partial charge < -0.3 is 10.2 Å². The summed E-state index contributed by atoms with van der Waals surface area (Å²) < 4.78 is 0. The average Bonchev–Trinajstić information content (AvgIpc) is 2.93. The van der Waals surface area contributed by atoms with Crippen LogP contribution >= 0.6 is 0 Å². The minimum absolute atomic E-state index is 0.330. The van der Waals surface area contributed by atoms with Gasteiger partial charge in [0.05, 0.1) is 0 Å². The molecule has 0 saturated carbocycles. The lowest BCUT2D eigenvalue weighted by atomic mass is 9.93. The standard InChI is InChI=1S/C15H26N2O4/c1-16-8-10(6-12(16)14(18)19)4-3-5-11-7-13(15(20)21)17(2)9-11/h10-13H,3-9H2,1-2H3,(H,18,19)(H,20,21)/t10?,11?,12-,13-/m0/s1. The Morgan fingerprint density at radius 1 is 0.905 bits per heavy atom. The molecule has 6 nitrogen and oxygen atoms in total. The summed E-state index contributed by atoms with van der Waals surface area (Å²) in [5.74, 6) is -0.514. The van der Waals surface area contributed by atoms with Crippen molar-refractivity contribution in [2.75, 3.05) is 27.2 Å². The van der Waals surface area contributed by atoms with E-state index in [9.17, 15) is 9.59 Å². The number of carbonyl (C=O) groups is 2. The second kappa shape index (κ2) is 6.75. The van der Waals surface area contributed by atoms with Crippen molar-refractivity contribution in [3.05, 3.63) is 0 Å². The average molecular weight is 298 g/mol. The molecule has 2 aliphatic rings. The highest BCUT2D eigenvalue weighted by Crippen LogP contribution is 2.30. The molecule has 2 aliphatic heterocycles. The lowest BCUT2D eigenvalue weighted by molar-refractivity contribution is -0.142. The number of likely N-dealkylation sites (tertiary alicyclic amines) is 2. The van der Waals surface area contributed by atoms with Gasteiger partial charge in [0.1, 0.15) is 12.1 Å². The first kappa shape index (κ1) is 16.2. The normalized spacial score (nSPS) is 34.4. The first-order chi connectivity index (χ1) is 9.88. The number of likely N-dealkylation sites (N-methyl/N-ethyl adjacent to an activating group) is 2. The van der Waals surface area contributed by atoms with Crippen LogP contribution in [0.1, 0.15) is 32.1 Å². The molecule has 0 spiro atoms. The van der Waals surface area contributed by atoms with Crippen molar-refractivity contribution in [3.63, 3.8) is 0 Å². The molecule has 0 aromatic carbocycles. The lowest BCUT2D eigenvalue weighted by Gasteiger charge is -2.14. The smallest absolute Gasteiger partial charge is 0.320 e. The van der Waals surface area contributed by atoms with Crippen LogP contribution < -0.4 is 0 Å². The van der Waals surface area contributed by atoms with E-state index < -0.39 is 11.9 Å². The molecule has 2 unspecified atom stereocenters. The molecule has 21 heavy (non-hydrogen) atoms. The fourth-order valence-corrected chi connectivity index (χ4v) is 3.90. The van der Waals surface area contributed by atoms with Crippen LogP contribution in [0.15, 0.2) is 0 Å². The van der Waals surface area contributed by atoms with Gasteiger partial charge in [-0.3, -0.25) is 19.4 Å². The van der Waals surface area contributed by atoms with Crippen LogP contribution in [-0.2, 0) is 9.59 Å². The van der Waals surface area contributed by atoms with E-state index in [4.69, 9.17) is 10.2 Å². The van der Waals surface area contributed by atoms with Gasteiger partial charge in [0, 0.05) is 13.1 Å². The third-order valence-corrected chi connectivity index (χ3v) is 5.06. The molecule has 0 aliphatic carbocycles. The third kappa shape index (κ3) is 3.95. The monoisotopic (exact) mass is 298 g/mol. The molecule has 2 saturated heterocycles. The van der Waals surface area contributed by atoms with Gasteiger partial charge in [-0.1, -0.05) is 6.42 Å². The minimum Gasteiger partial charge on any atom is -0.480 e. The van der Waals surface area contributed by atoms with Crippen LogP contribution in [0.3, 0.4) is 0 Å². The molecule has 0 bridgehead atoms. The second-order valence-corrected chi connectivity index (χ2v) is 6.72. The number of carboxylic acid groups (broad SMARTS) is 2. The summed E-state index contributed by atoms with van der Waals surface area (Å²) in [5, 5.41) is 18.2. The van der Waals surface area contributed by atoms with Crippen LogP contribution in [0.2, 0.25) is 0 Å². The van der Waals surface area contributed by atoms with Crippen molar-refractivity contribution in [1.82, 2.24) is 9.80 Å². The molecular formula is C15H26N2O4. The van der Waals surface area contributed by atoms with Gasteiger partial charge in [0.2, 0.25) is 0 Å². The topological polar surface area (TPSA) is 81.1 Å². The van der Waals surface area contributed by atoms with Crippen molar-refractivity contribution >= 4 is 11.9 Å². The van der Waals surface area contributed by atoms with Gasteiger partial charge >= 0.3 is 11.9 Å². The maximum absolute atomic E-state index is 11.1. The number of rotatable bonds is 6. The summed E-state index contributed by atoms with van der Waals surface area (Å²) in [4.78, 5) is 26.0. The first-order valence-corrected chi connectivity index (χ1v) is 7.74. The number of nitrogens with zero attached hydrogens (tertiary/aromatic N) is 2. The van der Waals surface area contributed by atoms with Crippen LogP contribution in [0.4, 0.5) is 0 Å². The van der Waals surface area contributed by atoms with Gasteiger partial charge in [-0.05, 0) is 51.6 Å². The van der Waals surface area contributed by atoms with Crippen LogP contribution in [-0.4, -0.2) is 71.2 Å². The number of aliphatic carboxylic acids is 2. The number of hydrogen-bond acceptors (Lipinski definition) is 4. The predicted molar refractivity (Wildman–Crippen MR) is 78.2 cm³/mol. The summed E-state index contributed by atoms with van der Waals surface area (Å²) in [6.45, 7) is 1.72. The maximum atomic E-state index is 11.1. The minimum atomic E-state index is -0.721. The fourth-order valence-electron chi connectivity index (χ4n) is 3.90. The lowest BCUT2D eigenvalue weighted by Crippen LogP contribution is -2.32. The number of hydrogen-bond donors (Lipinski definition) is 2. The zero-order valence-electron chi connectivity index (χ0n) is 12.9. The third-order valence-electron chi connectivity index (χ3n) is 5.06. The van der Waals surface area contributed by atoms with Crippen molar-refractivity contribution < 1.29 is 19.8 Å². The maximum Gasteiger partial charge on any atom is 0.320 e. The molecule has 6 heteroatoms. The molecule has 0 aromatic rings. The summed E-state index contributed by atoms with van der Waals surface area (Å²) in [7, 11) is 3.75. The Morgan fingerprint density at radius 3 is 1.57 bits per heavy atom. The van der Waals surface area contributed by atoms with Crippen LogP contribution in [0.5, 0.6) is 0 Å². The Balaban J connectivity index is 1.69. The quantitative estimate of drug-likeness (QED) is 0.760. The largest absolute Gasteiger partial charge is 0.480 e. The van der Waals surface area contributed by atoms with E-state index in [1.165, 1.54) is 0 Å². The number of carboxylic acids is 2. The van der Waals surface area contributed by atoms with Gasteiger partial charge in [0.15, 0.2) is 0 Å². The zero-order valence-corrected chi connectivity index (χ0v) is 12.9. The molecular weight excluding hydrogens is 272 g/mol. The molecule has 0 aromatic heterocycles. The Kier molecular flexibility index (Phi) is 5.22. The highest BCUT2D eigenvalue weighted by Gasteiger charge is 2.36. The molecule has 4 atom stereocenters. The molecule has 2 rings (SSSR count). The summed E-state index contributed by atoms with van der Waals surface area (Å²) in [6.07, 6.45) is 4.65. The molecule has 2 heterocycles. The van der Waals surface area contributed by atoms with E-state index in [-0.39, 0.29) is 12.1 Å². The van der Waals surface area contributed by atoms with Gasteiger partial charge in [-0.15, -0.1) is 0 Å². The van der Waals surface area contributed by atoms with Gasteiger partial charge in [-0.2, -0.15) is 0 Å². The van der Waals surface area contributed by atoms with Crippen molar-refractivity contribution in [3.8, 4) is 0 Å². The van der Waals surface area contributed by atoms with Gasteiger partial charge in [0.25, 0.3) is 0 Å². The highest BCUT2D eigenvalue weighted by atomic mass is 16.4. The highest BCUT2D eigenvalue weighted by molar-refractivity contribution is 5.74. The van der Waals surface area contributed by atoms with Crippen molar-refractivity contribution in [2.24, 2.45) is 11.8 Å². The Bertz CT molecular complexity index is 365. The van der Waals surface area contributed by atoms with E-state index in [1.54, 1.807) is 0 Å². The second-order valence-electron chi connectivity index (χ2n) is 6.72. The first-order valence-electron chi connectivity index (χ1n) is 7.74. The zero-order chi connectivity index (χ0) is 15.6. The van der Waals surface area contributed by atoms with Crippen molar-refractivity contribution in [1.29, 1.82) is 0 Å². The summed E-state index contributed by atoms with van der Waals surface area (Å²) in [6, 6.07) is -0.659. The van der Waals surface area contributed by atoms with E-state index in [2.05, 4.69) is 0 Å². The Hall–Kier alpha value is -1.14. The molecule has 2 N–H and O–H groups in total. The SMILES string of the molecule is CN1CC(CCCC2C[C@@H](C(=O)O)N(C)C2)C[C@H]1C(=O)O. The molecule has 0 amide bonds. The Labute approximate surface area is 125 Å². The van der Waals surface area contributed by atoms with E-state index in [0.29, 0.717) is 11.8 Å². The molecule has 120 valence electrons. The predicted octanol–water partition coefficient (Wildman–Crippen LogP) is 0.967. The van der Waals surface area contributed by atoms with E-state index in [0.717, 1.165) is 45.2 Å². The van der Waals surface area contributed by atoms with Crippen LogP contribution in [0, 0.1) is 11.8 Å². The van der Waals surface area contributed by atoms with E-state index >= 15 is 0 Å².